The molecule has 0 aliphatic rings. The van der Waals surface area contributed by atoms with Crippen molar-refractivity contribution in [3.05, 3.63) is 85.1 Å². The van der Waals surface area contributed by atoms with Crippen molar-refractivity contribution in [3.8, 4) is 5.69 Å². The zero-order chi connectivity index (χ0) is 26.6. The van der Waals surface area contributed by atoms with E-state index in [4.69, 9.17) is 11.6 Å². The summed E-state index contributed by atoms with van der Waals surface area (Å²) in [5, 5.41) is 9.17. The van der Waals surface area contributed by atoms with Gasteiger partial charge in [0, 0.05) is 13.1 Å². The van der Waals surface area contributed by atoms with Gasteiger partial charge in [-0.15, -0.1) is 0 Å². The first-order valence-electron chi connectivity index (χ1n) is 11.2. The summed E-state index contributed by atoms with van der Waals surface area (Å²) in [7, 11) is 0. The number of carboxylic acid groups (broad SMARTS) is 1. The number of carboxylic acids is 1. The Labute approximate surface area is 209 Å². The van der Waals surface area contributed by atoms with Gasteiger partial charge in [-0.3, -0.25) is 0 Å². The molecule has 0 aliphatic heterocycles. The van der Waals surface area contributed by atoms with E-state index in [1.807, 2.05) is 13.8 Å². The quantitative estimate of drug-likeness (QED) is 0.444. The summed E-state index contributed by atoms with van der Waals surface area (Å²) in [4.78, 5) is 43.8. The van der Waals surface area contributed by atoms with E-state index in [1.165, 1.54) is 30.3 Å². The van der Waals surface area contributed by atoms with E-state index in [0.29, 0.717) is 31.5 Å². The molecule has 0 spiro atoms. The third-order valence-corrected chi connectivity index (χ3v) is 5.69. The summed E-state index contributed by atoms with van der Waals surface area (Å²) >= 11 is 6.14. The summed E-state index contributed by atoms with van der Waals surface area (Å²) in [6, 6.07) is 8.03. The van der Waals surface area contributed by atoms with Gasteiger partial charge in [0.25, 0.3) is 0 Å². The predicted octanol–water partition coefficient (Wildman–Crippen LogP) is 4.44. The second kappa shape index (κ2) is 11.0. The number of nitrogens with zero attached hydrogens (tertiary/aromatic N) is 4. The molecule has 0 saturated carbocycles. The molecule has 192 valence electrons. The van der Waals surface area contributed by atoms with Crippen molar-refractivity contribution in [1.29, 1.82) is 0 Å². The number of halogens is 4. The normalized spacial score (nSPS) is 11.5. The second-order valence-corrected chi connectivity index (χ2v) is 8.46. The zero-order valence-corrected chi connectivity index (χ0v) is 20.3. The smallest absolute Gasteiger partial charge is 0.416 e. The zero-order valence-electron chi connectivity index (χ0n) is 19.5. The molecule has 36 heavy (non-hydrogen) atoms. The average molecular weight is 525 g/mol. The molecule has 0 radical (unpaired) electrons. The number of anilines is 1. The van der Waals surface area contributed by atoms with Crippen LogP contribution in [0.5, 0.6) is 0 Å². The molecule has 0 aliphatic carbocycles. The minimum absolute atomic E-state index is 0.0662. The number of carbonyl (C=O) groups is 1. The first kappa shape index (κ1) is 27.0. The van der Waals surface area contributed by atoms with Gasteiger partial charge >= 0.3 is 23.5 Å². The molecule has 0 amide bonds. The summed E-state index contributed by atoms with van der Waals surface area (Å²) in [5.74, 6) is -1.18. The van der Waals surface area contributed by atoms with Crippen molar-refractivity contribution >= 4 is 23.5 Å². The number of alkyl halides is 3. The van der Waals surface area contributed by atoms with Crippen LogP contribution in [0.1, 0.15) is 48.2 Å². The molecular formula is C24H24ClF3N4O4. The Hall–Kier alpha value is -3.60. The van der Waals surface area contributed by atoms with Crippen molar-refractivity contribution in [2.24, 2.45) is 0 Å². The number of hydrogen-bond donors (Lipinski definition) is 1. The molecule has 0 atom stereocenters. The van der Waals surface area contributed by atoms with Crippen LogP contribution in [0.4, 0.5) is 19.1 Å². The van der Waals surface area contributed by atoms with E-state index in [1.54, 1.807) is 4.90 Å². The SMILES string of the molecule is CCCN(CCC)c1nc(=O)n(Cc2ccc(C(F)(F)F)cc2)c(=O)n1-c1ccc(C(=O)O)c(Cl)c1. The number of aromatic carboxylic acids is 1. The molecule has 0 fully saturated rings. The van der Waals surface area contributed by atoms with Gasteiger partial charge < -0.3 is 10.0 Å². The van der Waals surface area contributed by atoms with Crippen molar-refractivity contribution < 1.29 is 23.1 Å². The Balaban J connectivity index is 2.20. The third-order valence-electron chi connectivity index (χ3n) is 5.38. The fourth-order valence-corrected chi connectivity index (χ4v) is 3.96. The van der Waals surface area contributed by atoms with Crippen LogP contribution in [0, 0.1) is 0 Å². The number of benzene rings is 2. The van der Waals surface area contributed by atoms with Crippen molar-refractivity contribution in [2.45, 2.75) is 39.4 Å². The average Bonchev–Trinajstić information content (AvgIpc) is 2.80. The minimum atomic E-state index is -4.52. The fraction of sp³-hybridized carbons (Fsp3) is 0.333. The summed E-state index contributed by atoms with van der Waals surface area (Å²) in [6.45, 7) is 4.52. The molecule has 2 aromatic carbocycles. The van der Waals surface area contributed by atoms with Crippen molar-refractivity contribution in [3.63, 3.8) is 0 Å². The third kappa shape index (κ3) is 5.78. The van der Waals surface area contributed by atoms with Gasteiger partial charge in [-0.2, -0.15) is 18.2 Å². The van der Waals surface area contributed by atoms with Gasteiger partial charge in [-0.25, -0.2) is 23.5 Å². The second-order valence-electron chi connectivity index (χ2n) is 8.05. The molecule has 0 saturated heterocycles. The van der Waals surface area contributed by atoms with E-state index in [2.05, 4.69) is 4.98 Å². The van der Waals surface area contributed by atoms with E-state index >= 15 is 0 Å². The Morgan fingerprint density at radius 2 is 1.67 bits per heavy atom. The van der Waals surface area contributed by atoms with Gasteiger partial charge in [-0.1, -0.05) is 37.6 Å². The monoisotopic (exact) mass is 524 g/mol. The van der Waals surface area contributed by atoms with Crippen LogP contribution >= 0.6 is 11.6 Å². The molecule has 1 aromatic heterocycles. The van der Waals surface area contributed by atoms with Crippen LogP contribution in [0.3, 0.4) is 0 Å². The molecule has 3 rings (SSSR count). The van der Waals surface area contributed by atoms with Crippen LogP contribution < -0.4 is 16.3 Å². The number of aromatic nitrogens is 3. The molecule has 3 aromatic rings. The summed E-state index contributed by atoms with van der Waals surface area (Å²) in [5.41, 5.74) is -2.19. The van der Waals surface area contributed by atoms with Gasteiger partial charge in [0.2, 0.25) is 5.95 Å². The van der Waals surface area contributed by atoms with Crippen LogP contribution in [0.25, 0.3) is 5.69 Å². The van der Waals surface area contributed by atoms with E-state index in [-0.39, 0.29) is 28.8 Å². The summed E-state index contributed by atoms with van der Waals surface area (Å²) in [6.07, 6.45) is -3.12. The molecule has 0 unspecified atom stereocenters. The molecule has 0 bridgehead atoms. The van der Waals surface area contributed by atoms with Gasteiger partial charge in [0.1, 0.15) is 0 Å². The maximum Gasteiger partial charge on any atom is 0.416 e. The topological polar surface area (TPSA) is 97.4 Å². The maximum atomic E-state index is 13.6. The van der Waals surface area contributed by atoms with Gasteiger partial charge in [-0.05, 0) is 48.7 Å². The number of rotatable bonds is 9. The highest BCUT2D eigenvalue weighted by molar-refractivity contribution is 6.33. The number of hydrogen-bond acceptors (Lipinski definition) is 5. The first-order valence-corrected chi connectivity index (χ1v) is 11.5. The van der Waals surface area contributed by atoms with Gasteiger partial charge in [0.05, 0.1) is 28.4 Å². The fourth-order valence-electron chi connectivity index (χ4n) is 3.71. The largest absolute Gasteiger partial charge is 0.478 e. The Morgan fingerprint density at radius 1 is 1.06 bits per heavy atom. The minimum Gasteiger partial charge on any atom is -0.478 e. The first-order chi connectivity index (χ1) is 17.0. The van der Waals surface area contributed by atoms with Crippen LogP contribution in [-0.4, -0.2) is 38.3 Å². The van der Waals surface area contributed by atoms with Crippen LogP contribution in [0.15, 0.2) is 52.1 Å². The molecule has 12 heteroatoms. The Morgan fingerprint density at radius 3 is 2.17 bits per heavy atom. The van der Waals surface area contributed by atoms with Crippen molar-refractivity contribution in [1.82, 2.24) is 14.1 Å². The van der Waals surface area contributed by atoms with Crippen molar-refractivity contribution in [2.75, 3.05) is 18.0 Å². The molecular weight excluding hydrogens is 501 g/mol. The Bertz CT molecular complexity index is 1360. The van der Waals surface area contributed by atoms with Crippen LogP contribution in [0.2, 0.25) is 5.02 Å². The van der Waals surface area contributed by atoms with Crippen LogP contribution in [-0.2, 0) is 12.7 Å². The lowest BCUT2D eigenvalue weighted by molar-refractivity contribution is -0.137. The molecule has 1 heterocycles. The lowest BCUT2D eigenvalue weighted by Crippen LogP contribution is -2.45. The highest BCUT2D eigenvalue weighted by atomic mass is 35.5. The highest BCUT2D eigenvalue weighted by Gasteiger charge is 2.30. The van der Waals surface area contributed by atoms with E-state index in [0.717, 1.165) is 21.3 Å². The lowest BCUT2D eigenvalue weighted by Gasteiger charge is -2.26. The molecule has 8 nitrogen and oxygen atoms in total. The maximum absolute atomic E-state index is 13.6. The van der Waals surface area contributed by atoms with E-state index < -0.39 is 29.1 Å². The van der Waals surface area contributed by atoms with E-state index in [9.17, 15) is 32.7 Å². The predicted molar refractivity (Wildman–Crippen MR) is 129 cm³/mol. The van der Waals surface area contributed by atoms with Gasteiger partial charge in [0.15, 0.2) is 0 Å². The summed E-state index contributed by atoms with van der Waals surface area (Å²) < 4.78 is 40.7. The highest BCUT2D eigenvalue weighted by Crippen LogP contribution is 2.29. The molecule has 1 N–H and O–H groups in total. The standard InChI is InChI=1S/C24H24ClF3N4O4/c1-3-11-30(12-4-2)21-29-22(35)31(14-15-5-7-16(8-6-15)24(26,27)28)23(36)32(21)17-9-10-18(20(33)34)19(25)13-17/h5-10,13H,3-4,11-12,14H2,1-2H3,(H,33,34). The lowest BCUT2D eigenvalue weighted by atomic mass is 10.1. The Kier molecular flexibility index (Phi) is 8.24.